The largest absolute Gasteiger partial charge is 0.396 e. The lowest BCUT2D eigenvalue weighted by molar-refractivity contribution is -0.126. The summed E-state index contributed by atoms with van der Waals surface area (Å²) in [5.41, 5.74) is -0.0213. The van der Waals surface area contributed by atoms with Crippen LogP contribution in [0.3, 0.4) is 0 Å². The Morgan fingerprint density at radius 3 is 2.88 bits per heavy atom. The zero-order valence-electron chi connectivity index (χ0n) is 10.4. The van der Waals surface area contributed by atoms with E-state index in [2.05, 4.69) is 24.5 Å². The quantitative estimate of drug-likeness (QED) is 0.642. The van der Waals surface area contributed by atoms with Crippen LogP contribution in [0.1, 0.15) is 33.1 Å². The average molecular weight is 228 g/mol. The van der Waals surface area contributed by atoms with Gasteiger partial charge in [-0.3, -0.25) is 4.79 Å². The average Bonchev–Trinajstić information content (AvgIpc) is 2.27. The fourth-order valence-electron chi connectivity index (χ4n) is 1.94. The maximum absolute atomic E-state index is 11.8. The lowest BCUT2D eigenvalue weighted by Gasteiger charge is -2.27. The molecule has 1 aliphatic heterocycles. The van der Waals surface area contributed by atoms with E-state index < -0.39 is 0 Å². The number of rotatable bonds is 5. The Morgan fingerprint density at radius 2 is 2.31 bits per heavy atom. The summed E-state index contributed by atoms with van der Waals surface area (Å²) in [4.78, 5) is 11.8. The molecule has 0 aliphatic carbocycles. The van der Waals surface area contributed by atoms with Gasteiger partial charge in [0.05, 0.1) is 5.92 Å². The molecule has 1 rings (SSSR count). The molecule has 1 fully saturated rings. The van der Waals surface area contributed by atoms with Crippen LogP contribution in [-0.4, -0.2) is 37.3 Å². The molecule has 0 spiro atoms. The van der Waals surface area contributed by atoms with Crippen molar-refractivity contribution in [1.82, 2.24) is 10.6 Å². The Hall–Kier alpha value is -0.610. The molecule has 4 nitrogen and oxygen atoms in total. The van der Waals surface area contributed by atoms with Crippen molar-refractivity contribution in [2.75, 3.05) is 26.2 Å². The van der Waals surface area contributed by atoms with E-state index in [4.69, 9.17) is 5.11 Å². The molecule has 0 saturated carbocycles. The van der Waals surface area contributed by atoms with Crippen LogP contribution >= 0.6 is 0 Å². The van der Waals surface area contributed by atoms with Gasteiger partial charge in [0.15, 0.2) is 0 Å². The number of carbonyl (C=O) groups is 1. The smallest absolute Gasteiger partial charge is 0.224 e. The lowest BCUT2D eigenvalue weighted by atomic mass is 9.89. The number of nitrogens with one attached hydrogen (secondary N) is 2. The summed E-state index contributed by atoms with van der Waals surface area (Å²) < 4.78 is 0. The number of piperidine rings is 1. The Kier molecular flexibility index (Phi) is 5.22. The molecule has 16 heavy (non-hydrogen) atoms. The third-order valence-electron chi connectivity index (χ3n) is 3.20. The van der Waals surface area contributed by atoms with Crippen LogP contribution in [0.2, 0.25) is 0 Å². The Balaban J connectivity index is 2.28. The number of amides is 1. The molecule has 4 heteroatoms. The van der Waals surface area contributed by atoms with Crippen LogP contribution in [0.5, 0.6) is 0 Å². The molecule has 1 saturated heterocycles. The molecule has 0 aromatic carbocycles. The van der Waals surface area contributed by atoms with E-state index in [0.29, 0.717) is 6.54 Å². The Bertz CT molecular complexity index is 223. The third-order valence-corrected chi connectivity index (χ3v) is 3.20. The molecular weight excluding hydrogens is 204 g/mol. The normalized spacial score (nSPS) is 21.8. The van der Waals surface area contributed by atoms with Gasteiger partial charge in [0.1, 0.15) is 0 Å². The van der Waals surface area contributed by atoms with Crippen molar-refractivity contribution >= 4 is 5.91 Å². The summed E-state index contributed by atoms with van der Waals surface area (Å²) >= 11 is 0. The molecule has 1 amide bonds. The van der Waals surface area contributed by atoms with Gasteiger partial charge in [-0.15, -0.1) is 0 Å². The fraction of sp³-hybridized carbons (Fsp3) is 0.917. The van der Waals surface area contributed by atoms with Gasteiger partial charge in [-0.25, -0.2) is 0 Å². The van der Waals surface area contributed by atoms with Crippen molar-refractivity contribution in [2.45, 2.75) is 33.1 Å². The lowest BCUT2D eigenvalue weighted by Crippen LogP contribution is -2.43. The highest BCUT2D eigenvalue weighted by Gasteiger charge is 2.23. The molecular formula is C12H24N2O2. The van der Waals surface area contributed by atoms with E-state index >= 15 is 0 Å². The van der Waals surface area contributed by atoms with E-state index in [0.717, 1.165) is 32.4 Å². The second-order valence-electron chi connectivity index (χ2n) is 5.40. The number of hydrogen-bond donors (Lipinski definition) is 3. The first-order valence-corrected chi connectivity index (χ1v) is 6.14. The van der Waals surface area contributed by atoms with Gasteiger partial charge < -0.3 is 15.7 Å². The molecule has 0 radical (unpaired) electrons. The standard InChI is InChI=1S/C12H24N2O2/c1-12(2,5-7-15)9-14-11(16)10-4-3-6-13-8-10/h10,13,15H,3-9H2,1-2H3,(H,14,16)/t10-/m0/s1. The van der Waals surface area contributed by atoms with Gasteiger partial charge in [-0.05, 0) is 31.2 Å². The summed E-state index contributed by atoms with van der Waals surface area (Å²) in [5, 5.41) is 15.1. The summed E-state index contributed by atoms with van der Waals surface area (Å²) in [5.74, 6) is 0.275. The molecule has 3 N–H and O–H groups in total. The summed E-state index contributed by atoms with van der Waals surface area (Å²) in [6.07, 6.45) is 2.79. The van der Waals surface area contributed by atoms with Crippen molar-refractivity contribution in [2.24, 2.45) is 11.3 Å². The first-order chi connectivity index (χ1) is 7.55. The van der Waals surface area contributed by atoms with E-state index in [9.17, 15) is 4.79 Å². The van der Waals surface area contributed by atoms with Gasteiger partial charge >= 0.3 is 0 Å². The maximum Gasteiger partial charge on any atom is 0.224 e. The first-order valence-electron chi connectivity index (χ1n) is 6.14. The number of carbonyl (C=O) groups excluding carboxylic acids is 1. The predicted molar refractivity (Wildman–Crippen MR) is 64.1 cm³/mol. The van der Waals surface area contributed by atoms with E-state index in [1.165, 1.54) is 0 Å². The maximum atomic E-state index is 11.8. The van der Waals surface area contributed by atoms with Gasteiger partial charge in [0.25, 0.3) is 0 Å². The van der Waals surface area contributed by atoms with Crippen molar-refractivity contribution in [3.05, 3.63) is 0 Å². The molecule has 0 aromatic heterocycles. The van der Waals surface area contributed by atoms with Crippen molar-refractivity contribution in [1.29, 1.82) is 0 Å². The van der Waals surface area contributed by atoms with Crippen LogP contribution in [-0.2, 0) is 4.79 Å². The highest BCUT2D eigenvalue weighted by molar-refractivity contribution is 5.79. The van der Waals surface area contributed by atoms with Crippen molar-refractivity contribution in [3.8, 4) is 0 Å². The first kappa shape index (κ1) is 13.5. The molecule has 0 unspecified atom stereocenters. The van der Waals surface area contributed by atoms with E-state index in [1.807, 2.05) is 0 Å². The minimum absolute atomic E-state index is 0.0213. The van der Waals surface area contributed by atoms with Crippen LogP contribution in [0, 0.1) is 11.3 Å². The Morgan fingerprint density at radius 1 is 1.56 bits per heavy atom. The highest BCUT2D eigenvalue weighted by atomic mass is 16.3. The monoisotopic (exact) mass is 228 g/mol. The molecule has 1 aliphatic rings. The van der Waals surface area contributed by atoms with Crippen LogP contribution in [0.15, 0.2) is 0 Å². The minimum atomic E-state index is -0.0213. The van der Waals surface area contributed by atoms with Crippen LogP contribution in [0.4, 0.5) is 0 Å². The Labute approximate surface area is 97.8 Å². The number of hydrogen-bond acceptors (Lipinski definition) is 3. The fourth-order valence-corrected chi connectivity index (χ4v) is 1.94. The minimum Gasteiger partial charge on any atom is -0.396 e. The van der Waals surface area contributed by atoms with Crippen molar-refractivity contribution in [3.63, 3.8) is 0 Å². The summed E-state index contributed by atoms with van der Waals surface area (Å²) in [6.45, 7) is 6.76. The second-order valence-corrected chi connectivity index (χ2v) is 5.40. The van der Waals surface area contributed by atoms with Gasteiger partial charge in [-0.2, -0.15) is 0 Å². The molecule has 94 valence electrons. The van der Waals surface area contributed by atoms with Gasteiger partial charge in [-0.1, -0.05) is 13.8 Å². The van der Waals surface area contributed by atoms with Gasteiger partial charge in [0, 0.05) is 19.7 Å². The van der Waals surface area contributed by atoms with Gasteiger partial charge in [0.2, 0.25) is 5.91 Å². The topological polar surface area (TPSA) is 61.4 Å². The van der Waals surface area contributed by atoms with E-state index in [-0.39, 0.29) is 23.8 Å². The SMILES string of the molecule is CC(C)(CCO)CNC(=O)[C@H]1CCCNC1. The predicted octanol–water partition coefficient (Wildman–Crippen LogP) is 0.511. The molecule has 1 atom stereocenters. The van der Waals surface area contributed by atoms with Crippen LogP contribution in [0.25, 0.3) is 0 Å². The zero-order chi connectivity index (χ0) is 12.0. The number of aliphatic hydroxyl groups is 1. The summed E-state index contributed by atoms with van der Waals surface area (Å²) in [6, 6.07) is 0. The van der Waals surface area contributed by atoms with Crippen LogP contribution < -0.4 is 10.6 Å². The zero-order valence-corrected chi connectivity index (χ0v) is 10.4. The second kappa shape index (κ2) is 6.21. The molecule has 0 bridgehead atoms. The highest BCUT2D eigenvalue weighted by Crippen LogP contribution is 2.18. The van der Waals surface area contributed by atoms with E-state index in [1.54, 1.807) is 0 Å². The molecule has 0 aromatic rings. The number of aliphatic hydroxyl groups excluding tert-OH is 1. The van der Waals surface area contributed by atoms with Crippen molar-refractivity contribution < 1.29 is 9.90 Å². The molecule has 1 heterocycles. The third kappa shape index (κ3) is 4.49. The summed E-state index contributed by atoms with van der Waals surface area (Å²) in [7, 11) is 0.